The molecule has 0 spiro atoms. The molecule has 0 bridgehead atoms. The second-order valence-electron chi connectivity index (χ2n) is 5.01. The van der Waals surface area contributed by atoms with Crippen molar-refractivity contribution in [1.29, 1.82) is 0 Å². The first-order chi connectivity index (χ1) is 10.3. The first kappa shape index (κ1) is 13.6. The zero-order valence-electron chi connectivity index (χ0n) is 11.6. The number of aryl methyl sites for hydroxylation is 1. The van der Waals surface area contributed by atoms with Crippen LogP contribution in [-0.4, -0.2) is 17.5 Å². The van der Waals surface area contributed by atoms with Crippen LogP contribution < -0.4 is 0 Å². The predicted molar refractivity (Wildman–Crippen MR) is 82.1 cm³/mol. The average Bonchev–Trinajstić information content (AvgIpc) is 2.98. The third-order valence-electron chi connectivity index (χ3n) is 3.62. The Morgan fingerprint density at radius 2 is 1.86 bits per heavy atom. The van der Waals surface area contributed by atoms with Crippen LogP contribution in [0.25, 0.3) is 22.1 Å². The summed E-state index contributed by atoms with van der Waals surface area (Å²) in [6.07, 6.45) is 2.67. The molecule has 1 heterocycles. The first-order valence-corrected chi connectivity index (χ1v) is 6.96. The van der Waals surface area contributed by atoms with E-state index < -0.39 is 6.61 Å². The summed E-state index contributed by atoms with van der Waals surface area (Å²) in [5, 5.41) is 9.86. The second kappa shape index (κ2) is 5.94. The number of benzene rings is 2. The molecule has 0 aliphatic heterocycles. The van der Waals surface area contributed by atoms with Gasteiger partial charge in [-0.15, -0.1) is 0 Å². The Hall–Kier alpha value is -2.39. The Labute approximate surface area is 122 Å². The van der Waals surface area contributed by atoms with Crippen molar-refractivity contribution in [2.24, 2.45) is 0 Å². The maximum Gasteiger partial charge on any atom is 0.158 e. The summed E-state index contributed by atoms with van der Waals surface area (Å²) in [5.74, 6) is -0.151. The van der Waals surface area contributed by atoms with E-state index in [0.29, 0.717) is 12.8 Å². The Kier molecular flexibility index (Phi) is 3.84. The molecule has 3 aromatic rings. The van der Waals surface area contributed by atoms with Crippen molar-refractivity contribution in [2.75, 3.05) is 6.61 Å². The summed E-state index contributed by atoms with van der Waals surface area (Å²) in [4.78, 5) is 11.3. The average molecular weight is 280 g/mol. The van der Waals surface area contributed by atoms with Gasteiger partial charge in [0.05, 0.1) is 6.26 Å². The Bertz CT molecular complexity index is 756. The number of aliphatic hydroxyl groups is 1. The molecular weight excluding hydrogens is 264 g/mol. The van der Waals surface area contributed by atoms with Crippen molar-refractivity contribution in [3.8, 4) is 11.1 Å². The van der Waals surface area contributed by atoms with Crippen molar-refractivity contribution in [3.05, 3.63) is 60.4 Å². The van der Waals surface area contributed by atoms with Crippen LogP contribution in [-0.2, 0) is 11.2 Å². The van der Waals surface area contributed by atoms with Crippen LogP contribution in [0.1, 0.15) is 12.0 Å². The molecule has 0 saturated heterocycles. The molecule has 3 nitrogen and oxygen atoms in total. The molecule has 0 aliphatic carbocycles. The van der Waals surface area contributed by atoms with Gasteiger partial charge in [-0.1, -0.05) is 48.5 Å². The minimum atomic E-state index is -0.399. The number of fused-ring (bicyclic) bond motifs is 1. The number of hydrogen-bond donors (Lipinski definition) is 1. The van der Waals surface area contributed by atoms with Gasteiger partial charge >= 0.3 is 0 Å². The number of aliphatic hydroxyl groups excluding tert-OH is 1. The Morgan fingerprint density at radius 1 is 1.05 bits per heavy atom. The molecule has 0 aliphatic rings. The van der Waals surface area contributed by atoms with E-state index in [9.17, 15) is 4.79 Å². The SMILES string of the molecule is O=C(CO)CCc1cccc2c(-c3ccccc3)coc12. The van der Waals surface area contributed by atoms with E-state index in [4.69, 9.17) is 9.52 Å². The van der Waals surface area contributed by atoms with Gasteiger partial charge in [0.15, 0.2) is 5.78 Å². The Balaban J connectivity index is 1.98. The van der Waals surface area contributed by atoms with Crippen LogP contribution in [0, 0.1) is 0 Å². The zero-order chi connectivity index (χ0) is 14.7. The molecule has 0 radical (unpaired) electrons. The van der Waals surface area contributed by atoms with Gasteiger partial charge in [-0.05, 0) is 17.5 Å². The maximum absolute atomic E-state index is 11.3. The standard InChI is InChI=1S/C18H16O3/c19-11-15(20)10-9-14-7-4-8-16-17(12-21-18(14)16)13-5-2-1-3-6-13/h1-8,12,19H,9-11H2. The Morgan fingerprint density at radius 3 is 2.62 bits per heavy atom. The predicted octanol–water partition coefficient (Wildman–Crippen LogP) is 3.59. The van der Waals surface area contributed by atoms with Crippen LogP contribution >= 0.6 is 0 Å². The summed E-state index contributed by atoms with van der Waals surface area (Å²) < 4.78 is 5.73. The maximum atomic E-state index is 11.3. The van der Waals surface area contributed by atoms with E-state index in [-0.39, 0.29) is 5.78 Å². The molecule has 1 N–H and O–H groups in total. The number of rotatable bonds is 5. The first-order valence-electron chi connectivity index (χ1n) is 6.96. The lowest BCUT2D eigenvalue weighted by Crippen LogP contribution is -2.04. The topological polar surface area (TPSA) is 50.4 Å². The molecule has 2 aromatic carbocycles. The highest BCUT2D eigenvalue weighted by molar-refractivity contribution is 5.95. The van der Waals surface area contributed by atoms with Crippen LogP contribution in [0.3, 0.4) is 0 Å². The van der Waals surface area contributed by atoms with Crippen molar-refractivity contribution in [1.82, 2.24) is 0 Å². The summed E-state index contributed by atoms with van der Waals surface area (Å²) in [5.41, 5.74) is 3.99. The second-order valence-corrected chi connectivity index (χ2v) is 5.01. The highest BCUT2D eigenvalue weighted by Crippen LogP contribution is 2.32. The number of Topliss-reactive ketones (excluding diaryl/α,β-unsaturated/α-hetero) is 1. The fourth-order valence-corrected chi connectivity index (χ4v) is 2.51. The minimum absolute atomic E-state index is 0.151. The molecule has 0 fully saturated rings. The highest BCUT2D eigenvalue weighted by Gasteiger charge is 2.12. The molecule has 21 heavy (non-hydrogen) atoms. The molecular formula is C18H16O3. The van der Waals surface area contributed by atoms with E-state index in [1.165, 1.54) is 0 Å². The fraction of sp³-hybridized carbons (Fsp3) is 0.167. The van der Waals surface area contributed by atoms with Gasteiger partial charge in [0.25, 0.3) is 0 Å². The molecule has 106 valence electrons. The third kappa shape index (κ3) is 2.73. The number of carbonyl (C=O) groups is 1. The fourth-order valence-electron chi connectivity index (χ4n) is 2.51. The van der Waals surface area contributed by atoms with Gasteiger partial charge in [0, 0.05) is 17.4 Å². The smallest absolute Gasteiger partial charge is 0.158 e. The summed E-state index contributed by atoms with van der Waals surface area (Å²) >= 11 is 0. The van der Waals surface area contributed by atoms with Crippen molar-refractivity contribution >= 4 is 16.8 Å². The molecule has 1 aromatic heterocycles. The van der Waals surface area contributed by atoms with Gasteiger partial charge in [-0.25, -0.2) is 0 Å². The lowest BCUT2D eigenvalue weighted by atomic mass is 10.0. The lowest BCUT2D eigenvalue weighted by molar-refractivity contribution is -0.121. The van der Waals surface area contributed by atoms with E-state index >= 15 is 0 Å². The lowest BCUT2D eigenvalue weighted by Gasteiger charge is -2.02. The summed E-state index contributed by atoms with van der Waals surface area (Å²) in [6.45, 7) is -0.399. The van der Waals surface area contributed by atoms with E-state index in [1.807, 2.05) is 48.5 Å². The van der Waals surface area contributed by atoms with Crippen molar-refractivity contribution < 1.29 is 14.3 Å². The highest BCUT2D eigenvalue weighted by atomic mass is 16.3. The molecule has 0 saturated carbocycles. The minimum Gasteiger partial charge on any atom is -0.463 e. The van der Waals surface area contributed by atoms with Gasteiger partial charge in [-0.2, -0.15) is 0 Å². The molecule has 3 heteroatoms. The van der Waals surface area contributed by atoms with Gasteiger partial charge < -0.3 is 9.52 Å². The number of furan rings is 1. The van der Waals surface area contributed by atoms with Gasteiger partial charge in [0.2, 0.25) is 0 Å². The monoisotopic (exact) mass is 280 g/mol. The van der Waals surface area contributed by atoms with Gasteiger partial charge in [0.1, 0.15) is 12.2 Å². The number of carbonyl (C=O) groups excluding carboxylic acids is 1. The van der Waals surface area contributed by atoms with Crippen molar-refractivity contribution in [2.45, 2.75) is 12.8 Å². The van der Waals surface area contributed by atoms with E-state index in [2.05, 4.69) is 0 Å². The third-order valence-corrected chi connectivity index (χ3v) is 3.62. The van der Waals surface area contributed by atoms with Crippen LogP contribution in [0.4, 0.5) is 0 Å². The zero-order valence-corrected chi connectivity index (χ0v) is 11.6. The summed E-state index contributed by atoms with van der Waals surface area (Å²) in [7, 11) is 0. The van der Waals surface area contributed by atoms with Crippen LogP contribution in [0.15, 0.2) is 59.2 Å². The molecule has 3 rings (SSSR count). The number of para-hydroxylation sites is 1. The van der Waals surface area contributed by atoms with E-state index in [1.54, 1.807) is 6.26 Å². The molecule has 0 atom stereocenters. The number of hydrogen-bond acceptors (Lipinski definition) is 3. The van der Waals surface area contributed by atoms with E-state index in [0.717, 1.165) is 27.7 Å². The normalized spacial score (nSPS) is 10.9. The molecule has 0 unspecified atom stereocenters. The molecule has 0 amide bonds. The quantitative estimate of drug-likeness (QED) is 0.777. The summed E-state index contributed by atoms with van der Waals surface area (Å²) in [6, 6.07) is 16.0. The van der Waals surface area contributed by atoms with Gasteiger partial charge in [-0.3, -0.25) is 4.79 Å². The number of ketones is 1. The largest absolute Gasteiger partial charge is 0.463 e. The van der Waals surface area contributed by atoms with Crippen molar-refractivity contribution in [3.63, 3.8) is 0 Å². The van der Waals surface area contributed by atoms with Crippen LogP contribution in [0.2, 0.25) is 0 Å². The van der Waals surface area contributed by atoms with Crippen LogP contribution in [0.5, 0.6) is 0 Å².